The summed E-state index contributed by atoms with van der Waals surface area (Å²) in [7, 11) is -1.07. The number of sulfone groups is 1. The Morgan fingerprint density at radius 1 is 0.886 bits per heavy atom. The van der Waals surface area contributed by atoms with Crippen LogP contribution in [0.4, 0.5) is 0 Å². The highest BCUT2D eigenvalue weighted by Gasteiger charge is 2.25. The fourth-order valence-corrected chi connectivity index (χ4v) is 5.43. The number of aromatic nitrogens is 1. The maximum atomic E-state index is 13.6. The van der Waals surface area contributed by atoms with Gasteiger partial charge in [-0.1, -0.05) is 55.8 Å². The van der Waals surface area contributed by atoms with Crippen LogP contribution in [0.5, 0.6) is 11.5 Å². The molecular weight excluding hydrogens is 462 g/mol. The first-order chi connectivity index (χ1) is 16.6. The molecule has 0 fully saturated rings. The quantitative estimate of drug-likeness (QED) is 0.349. The molecule has 1 heterocycles. The number of nitrogens with zero attached hydrogens (tertiary/aromatic N) is 1. The van der Waals surface area contributed by atoms with E-state index in [0.29, 0.717) is 23.6 Å². The van der Waals surface area contributed by atoms with Crippen LogP contribution in [0.1, 0.15) is 36.5 Å². The van der Waals surface area contributed by atoms with Crippen LogP contribution in [0.25, 0.3) is 10.9 Å². The molecule has 0 saturated carbocycles. The second kappa shape index (κ2) is 9.58. The average Bonchev–Trinajstić information content (AvgIpc) is 2.86. The Kier molecular flexibility index (Phi) is 6.72. The standard InChI is InChI=1S/C28H29NO5S/c1-18(2)21-10-12-22(13-11-21)35(31,32)27-17-29(16-20-8-6-19(3)7-9-20)24-15-26(34-5)25(33-4)14-23(24)28(27)30/h6-15,17-18H,16H2,1-5H3. The summed E-state index contributed by atoms with van der Waals surface area (Å²) in [5, 5.41) is 0.245. The molecule has 0 aliphatic carbocycles. The molecule has 4 rings (SSSR count). The van der Waals surface area contributed by atoms with Crippen molar-refractivity contribution in [2.75, 3.05) is 14.2 Å². The van der Waals surface area contributed by atoms with Crippen LogP contribution in [0.2, 0.25) is 0 Å². The molecule has 0 aliphatic rings. The predicted octanol–water partition coefficient (Wildman–Crippen LogP) is 5.33. The molecule has 182 valence electrons. The summed E-state index contributed by atoms with van der Waals surface area (Å²) in [6.07, 6.45) is 1.43. The van der Waals surface area contributed by atoms with E-state index in [2.05, 4.69) is 0 Å². The maximum absolute atomic E-state index is 13.6. The summed E-state index contributed by atoms with van der Waals surface area (Å²) in [6.45, 7) is 6.46. The van der Waals surface area contributed by atoms with Crippen molar-refractivity contribution < 1.29 is 17.9 Å². The van der Waals surface area contributed by atoms with Gasteiger partial charge in [0.2, 0.25) is 15.3 Å². The van der Waals surface area contributed by atoms with E-state index >= 15 is 0 Å². The van der Waals surface area contributed by atoms with Crippen molar-refractivity contribution in [2.45, 2.75) is 43.0 Å². The van der Waals surface area contributed by atoms with Crippen molar-refractivity contribution in [3.63, 3.8) is 0 Å². The minimum absolute atomic E-state index is 0.0840. The first-order valence-corrected chi connectivity index (χ1v) is 12.8. The second-order valence-corrected chi connectivity index (χ2v) is 10.8. The molecule has 3 aromatic carbocycles. The van der Waals surface area contributed by atoms with E-state index in [-0.39, 0.29) is 21.1 Å². The highest BCUT2D eigenvalue weighted by Crippen LogP contribution is 2.32. The van der Waals surface area contributed by atoms with Gasteiger partial charge in [-0.15, -0.1) is 0 Å². The average molecular weight is 492 g/mol. The van der Waals surface area contributed by atoms with Gasteiger partial charge in [0.25, 0.3) is 0 Å². The summed E-state index contributed by atoms with van der Waals surface area (Å²) in [6, 6.07) is 17.9. The van der Waals surface area contributed by atoms with Gasteiger partial charge >= 0.3 is 0 Å². The Bertz CT molecular complexity index is 1530. The molecule has 0 radical (unpaired) electrons. The van der Waals surface area contributed by atoms with Crippen LogP contribution >= 0.6 is 0 Å². The highest BCUT2D eigenvalue weighted by molar-refractivity contribution is 7.91. The van der Waals surface area contributed by atoms with Gasteiger partial charge in [-0.05, 0) is 42.2 Å². The zero-order chi connectivity index (χ0) is 25.3. The summed E-state index contributed by atoms with van der Waals surface area (Å²) in [5.41, 5.74) is 3.10. The van der Waals surface area contributed by atoms with Gasteiger partial charge in [0.15, 0.2) is 11.5 Å². The van der Waals surface area contributed by atoms with E-state index in [9.17, 15) is 13.2 Å². The number of methoxy groups -OCH3 is 2. The third-order valence-electron chi connectivity index (χ3n) is 6.17. The molecular formula is C28H29NO5S. The lowest BCUT2D eigenvalue weighted by molar-refractivity contribution is 0.355. The summed E-state index contributed by atoms with van der Waals surface area (Å²) in [5.74, 6) is 1.08. The zero-order valence-electron chi connectivity index (χ0n) is 20.5. The third kappa shape index (κ3) is 4.68. The molecule has 0 bridgehead atoms. The topological polar surface area (TPSA) is 74.6 Å². The zero-order valence-corrected chi connectivity index (χ0v) is 21.3. The second-order valence-electron chi connectivity index (χ2n) is 8.89. The van der Waals surface area contributed by atoms with Gasteiger partial charge in [-0.25, -0.2) is 8.42 Å². The summed E-state index contributed by atoms with van der Waals surface area (Å²) in [4.78, 5) is 13.4. The lowest BCUT2D eigenvalue weighted by Crippen LogP contribution is -2.20. The maximum Gasteiger partial charge on any atom is 0.211 e. The Morgan fingerprint density at radius 3 is 2.06 bits per heavy atom. The SMILES string of the molecule is COc1cc2c(=O)c(S(=O)(=O)c3ccc(C(C)C)cc3)cn(Cc3ccc(C)cc3)c2cc1OC. The first-order valence-electron chi connectivity index (χ1n) is 11.4. The highest BCUT2D eigenvalue weighted by atomic mass is 32.2. The minimum atomic E-state index is -4.07. The number of ether oxygens (including phenoxy) is 2. The molecule has 35 heavy (non-hydrogen) atoms. The van der Waals surface area contributed by atoms with Gasteiger partial charge in [0.05, 0.1) is 30.0 Å². The van der Waals surface area contributed by atoms with Crippen LogP contribution in [0, 0.1) is 6.92 Å². The van der Waals surface area contributed by atoms with Crippen LogP contribution in [0.3, 0.4) is 0 Å². The number of aryl methyl sites for hydroxylation is 1. The van der Waals surface area contributed by atoms with E-state index in [0.717, 1.165) is 16.7 Å². The molecule has 0 aliphatic heterocycles. The molecule has 1 aromatic heterocycles. The summed E-state index contributed by atoms with van der Waals surface area (Å²) < 4.78 is 39.9. The van der Waals surface area contributed by atoms with Crippen molar-refractivity contribution in [3.05, 3.63) is 93.8 Å². The summed E-state index contributed by atoms with van der Waals surface area (Å²) >= 11 is 0. The van der Waals surface area contributed by atoms with E-state index in [1.807, 2.05) is 45.0 Å². The normalized spacial score (nSPS) is 11.7. The molecule has 0 N–H and O–H groups in total. The molecule has 6 nitrogen and oxygen atoms in total. The number of hydrogen-bond acceptors (Lipinski definition) is 5. The Labute approximate surface area is 205 Å². The number of rotatable bonds is 7. The van der Waals surface area contributed by atoms with Crippen molar-refractivity contribution in [1.82, 2.24) is 4.57 Å². The van der Waals surface area contributed by atoms with E-state index in [1.165, 1.54) is 20.4 Å². The van der Waals surface area contributed by atoms with E-state index < -0.39 is 15.3 Å². The van der Waals surface area contributed by atoms with Gasteiger partial charge < -0.3 is 14.0 Å². The number of hydrogen-bond donors (Lipinski definition) is 0. The Morgan fingerprint density at radius 2 is 1.49 bits per heavy atom. The molecule has 0 saturated heterocycles. The molecule has 7 heteroatoms. The molecule has 0 atom stereocenters. The Balaban J connectivity index is 1.97. The van der Waals surface area contributed by atoms with E-state index in [4.69, 9.17) is 9.47 Å². The van der Waals surface area contributed by atoms with Crippen LogP contribution in [-0.4, -0.2) is 27.2 Å². The molecule has 0 unspecified atom stereocenters. The van der Waals surface area contributed by atoms with Crippen LogP contribution in [0.15, 0.2) is 81.4 Å². The van der Waals surface area contributed by atoms with Crippen molar-refractivity contribution in [3.8, 4) is 11.5 Å². The first kappa shape index (κ1) is 24.5. The van der Waals surface area contributed by atoms with Gasteiger partial charge in [0, 0.05) is 18.8 Å². The third-order valence-corrected chi connectivity index (χ3v) is 7.94. The molecule has 4 aromatic rings. The number of fused-ring (bicyclic) bond motifs is 1. The monoisotopic (exact) mass is 491 g/mol. The van der Waals surface area contributed by atoms with Crippen LogP contribution < -0.4 is 14.9 Å². The van der Waals surface area contributed by atoms with Gasteiger partial charge in [0.1, 0.15) is 4.90 Å². The van der Waals surface area contributed by atoms with E-state index in [1.54, 1.807) is 41.0 Å². The number of benzene rings is 3. The van der Waals surface area contributed by atoms with Gasteiger partial charge in [-0.3, -0.25) is 4.79 Å². The van der Waals surface area contributed by atoms with Crippen molar-refractivity contribution in [1.29, 1.82) is 0 Å². The number of pyridine rings is 1. The minimum Gasteiger partial charge on any atom is -0.493 e. The fourth-order valence-electron chi connectivity index (χ4n) is 4.06. The largest absolute Gasteiger partial charge is 0.493 e. The Hall–Kier alpha value is -3.58. The lowest BCUT2D eigenvalue weighted by Gasteiger charge is -2.17. The van der Waals surface area contributed by atoms with Gasteiger partial charge in [-0.2, -0.15) is 0 Å². The lowest BCUT2D eigenvalue weighted by atomic mass is 10.0. The predicted molar refractivity (Wildman–Crippen MR) is 138 cm³/mol. The molecule has 0 amide bonds. The fraction of sp³-hybridized carbons (Fsp3) is 0.250. The van der Waals surface area contributed by atoms with Crippen LogP contribution in [-0.2, 0) is 16.4 Å². The van der Waals surface area contributed by atoms with Crippen molar-refractivity contribution >= 4 is 20.7 Å². The smallest absolute Gasteiger partial charge is 0.211 e. The molecule has 0 spiro atoms. The van der Waals surface area contributed by atoms with Crippen molar-refractivity contribution in [2.24, 2.45) is 0 Å².